The van der Waals surface area contributed by atoms with Gasteiger partial charge in [-0.15, -0.1) is 0 Å². The highest BCUT2D eigenvalue weighted by Crippen LogP contribution is 2.52. The smallest absolute Gasteiger partial charge is 0.455 e. The fraction of sp³-hybridized carbons (Fsp3) is 0.365. The van der Waals surface area contributed by atoms with Crippen LogP contribution < -0.4 is 10.4 Å². The van der Waals surface area contributed by atoms with Crippen molar-refractivity contribution in [2.75, 3.05) is 6.61 Å². The number of carbonyl (C=O) groups is 2. The van der Waals surface area contributed by atoms with E-state index in [-0.39, 0.29) is 47.5 Å². The number of imide groups is 1. The first-order valence-electron chi connectivity index (χ1n) is 22.5. The highest BCUT2D eigenvalue weighted by Gasteiger charge is 2.59. The Kier molecular flexibility index (Phi) is 11.9. The summed E-state index contributed by atoms with van der Waals surface area (Å²) in [5, 5.41) is 26.1. The molecule has 2 aliphatic heterocycles. The van der Waals surface area contributed by atoms with Gasteiger partial charge in [-0.25, -0.2) is 0 Å². The van der Waals surface area contributed by atoms with Gasteiger partial charge in [0.15, 0.2) is 0 Å². The molecule has 3 fully saturated rings. The molecule has 4 aromatic carbocycles. The Balaban J connectivity index is 1.14. The zero-order chi connectivity index (χ0) is 43.0. The van der Waals surface area contributed by atoms with Crippen LogP contribution in [0.1, 0.15) is 83.4 Å². The van der Waals surface area contributed by atoms with E-state index in [1.165, 1.54) is 10.4 Å². The summed E-state index contributed by atoms with van der Waals surface area (Å²) in [6.45, 7) is 7.09. The van der Waals surface area contributed by atoms with E-state index in [4.69, 9.17) is 14.1 Å². The Morgan fingerprint density at radius 1 is 0.839 bits per heavy atom. The minimum absolute atomic E-state index is 0.0621. The van der Waals surface area contributed by atoms with E-state index in [1.807, 2.05) is 60.7 Å². The number of allylic oxidation sites excluding steroid dienone is 1. The van der Waals surface area contributed by atoms with Crippen LogP contribution in [0.4, 0.5) is 0 Å². The number of benzene rings is 4. The first-order valence-corrected chi connectivity index (χ1v) is 24.5. The number of phenols is 1. The Bertz CT molecular complexity index is 2440. The second-order valence-electron chi connectivity index (χ2n) is 18.7. The van der Waals surface area contributed by atoms with Crippen molar-refractivity contribution in [2.45, 2.75) is 95.6 Å². The van der Waals surface area contributed by atoms with Gasteiger partial charge in [0, 0.05) is 17.6 Å². The summed E-state index contributed by atoms with van der Waals surface area (Å²) in [5.41, 5.74) is 4.79. The summed E-state index contributed by atoms with van der Waals surface area (Å²) >= 11 is 0. The van der Waals surface area contributed by atoms with E-state index in [2.05, 4.69) is 75.4 Å². The quantitative estimate of drug-likeness (QED) is 0.0777. The molecule has 3 heterocycles. The molecule has 2 N–H and O–H groups in total. The SMILES string of the molecule is CC(C)(C)[Si](OCC1=C2[C@@H](CC/C(=C/c3ccc(O)c4ccccc34)c3ccccn3)OB(O)C[C@@H]2[C@@H]2C(=O)N(C3CCCCC3)C(=O)[C@@H]2C1)(c1ccccc1)c1ccccc1. The fourth-order valence-electron chi connectivity index (χ4n) is 11.3. The standard InChI is InChI=1S/C52H57BN2O6Si/c1-52(2,3)62(39-19-9-5-10-20-39,40-21-11-6-12-22-40)60-34-37-32-43-49(51(58)55(50(43)57)38-17-7-4-8-18-38)44-33-53(59)61-47(48(37)44)29-27-36(45-25-15-16-30-54-45)31-35-26-28-46(56)42-24-14-13-23-41(35)42/h5-6,9-16,19-26,28,30-31,38,43-44,47,49,56,59H,4,7-8,17-18,27,29,32-34H2,1-3H3/b36-31-/t43-,44+,47-,49-/m1/s1. The zero-order valence-corrected chi connectivity index (χ0v) is 37.1. The van der Waals surface area contributed by atoms with Gasteiger partial charge < -0.3 is 19.2 Å². The summed E-state index contributed by atoms with van der Waals surface area (Å²) in [5.74, 6) is -1.34. The number of amides is 2. The van der Waals surface area contributed by atoms with Crippen molar-refractivity contribution in [1.29, 1.82) is 0 Å². The molecule has 5 aromatic rings. The Labute approximate surface area is 367 Å². The average Bonchev–Trinajstić information content (AvgIpc) is 3.54. The number of rotatable bonds is 11. The molecule has 1 saturated carbocycles. The summed E-state index contributed by atoms with van der Waals surface area (Å²) < 4.78 is 14.2. The maximum Gasteiger partial charge on any atom is 0.455 e. The van der Waals surface area contributed by atoms with Crippen LogP contribution in [0.2, 0.25) is 11.4 Å². The van der Waals surface area contributed by atoms with Crippen molar-refractivity contribution in [1.82, 2.24) is 9.88 Å². The number of aromatic hydroxyl groups is 1. The van der Waals surface area contributed by atoms with Crippen LogP contribution in [0.15, 0.2) is 133 Å². The topological polar surface area (TPSA) is 109 Å². The van der Waals surface area contributed by atoms with E-state index in [1.54, 1.807) is 17.2 Å². The van der Waals surface area contributed by atoms with Crippen LogP contribution in [0.25, 0.3) is 22.4 Å². The van der Waals surface area contributed by atoms with Crippen molar-refractivity contribution in [3.05, 3.63) is 144 Å². The molecule has 2 saturated heterocycles. The number of phenolic OH excluding ortho intramolecular Hbond substituents is 1. The van der Waals surface area contributed by atoms with Crippen LogP contribution in [0, 0.1) is 17.8 Å². The van der Waals surface area contributed by atoms with E-state index in [0.29, 0.717) is 19.3 Å². The normalized spacial score (nSPS) is 22.6. The molecule has 9 rings (SSSR count). The van der Waals surface area contributed by atoms with E-state index >= 15 is 0 Å². The van der Waals surface area contributed by atoms with Crippen molar-refractivity contribution in [3.63, 3.8) is 0 Å². The van der Waals surface area contributed by atoms with Gasteiger partial charge in [-0.2, -0.15) is 0 Å². The monoisotopic (exact) mass is 844 g/mol. The number of fused-ring (bicyclic) bond motifs is 4. The van der Waals surface area contributed by atoms with Gasteiger partial charge in [0.05, 0.1) is 30.2 Å². The number of aromatic nitrogens is 1. The highest BCUT2D eigenvalue weighted by molar-refractivity contribution is 6.99. The molecular formula is C52H57BN2O6Si. The maximum atomic E-state index is 14.7. The number of hydrogen-bond acceptors (Lipinski definition) is 7. The fourth-order valence-corrected chi connectivity index (χ4v) is 15.9. The summed E-state index contributed by atoms with van der Waals surface area (Å²) in [4.78, 5) is 35.8. The third-order valence-electron chi connectivity index (χ3n) is 14.1. The van der Waals surface area contributed by atoms with Gasteiger partial charge in [0.25, 0.3) is 8.32 Å². The lowest BCUT2D eigenvalue weighted by atomic mass is 9.58. The van der Waals surface area contributed by atoms with Gasteiger partial charge >= 0.3 is 7.12 Å². The molecule has 0 radical (unpaired) electrons. The predicted octanol–water partition coefficient (Wildman–Crippen LogP) is 8.97. The van der Waals surface area contributed by atoms with Gasteiger partial charge in [-0.05, 0) is 112 Å². The van der Waals surface area contributed by atoms with Gasteiger partial charge in [-0.3, -0.25) is 19.5 Å². The molecule has 2 aliphatic carbocycles. The zero-order valence-electron chi connectivity index (χ0n) is 36.1. The number of pyridine rings is 1. The Morgan fingerprint density at radius 3 is 2.16 bits per heavy atom. The van der Waals surface area contributed by atoms with Crippen LogP contribution in [-0.2, 0) is 18.7 Å². The first-order chi connectivity index (χ1) is 30.0. The van der Waals surface area contributed by atoms with E-state index in [9.17, 15) is 19.7 Å². The predicted molar refractivity (Wildman–Crippen MR) is 249 cm³/mol. The Hall–Kier alpha value is -5.13. The highest BCUT2D eigenvalue weighted by atomic mass is 28.4. The molecule has 4 aliphatic rings. The number of carbonyl (C=O) groups excluding carboxylic acids is 2. The van der Waals surface area contributed by atoms with Crippen LogP contribution in [0.3, 0.4) is 0 Å². The van der Waals surface area contributed by atoms with E-state index in [0.717, 1.165) is 70.9 Å². The largest absolute Gasteiger partial charge is 0.507 e. The average molecular weight is 845 g/mol. The van der Waals surface area contributed by atoms with Crippen LogP contribution >= 0.6 is 0 Å². The van der Waals surface area contributed by atoms with Crippen molar-refractivity contribution in [2.24, 2.45) is 17.8 Å². The number of nitrogens with zero attached hydrogens (tertiary/aromatic N) is 2. The molecule has 62 heavy (non-hydrogen) atoms. The minimum atomic E-state index is -3.00. The third kappa shape index (κ3) is 7.80. The Morgan fingerprint density at radius 2 is 1.50 bits per heavy atom. The second-order valence-corrected chi connectivity index (χ2v) is 23.1. The van der Waals surface area contributed by atoms with Crippen molar-refractivity contribution in [3.8, 4) is 5.75 Å². The van der Waals surface area contributed by atoms with Gasteiger partial charge in [0.2, 0.25) is 11.8 Å². The summed E-state index contributed by atoms with van der Waals surface area (Å²) in [6, 6.07) is 38.5. The lowest BCUT2D eigenvalue weighted by molar-refractivity contribution is -0.143. The molecule has 8 nitrogen and oxygen atoms in total. The molecular weight excluding hydrogens is 787 g/mol. The number of hydrogen-bond donors (Lipinski definition) is 2. The van der Waals surface area contributed by atoms with Crippen molar-refractivity contribution >= 4 is 60.0 Å². The molecule has 1 aromatic heterocycles. The summed E-state index contributed by atoms with van der Waals surface area (Å²) in [7, 11) is -4.10. The molecule has 0 bridgehead atoms. The van der Waals surface area contributed by atoms with Crippen molar-refractivity contribution < 1.29 is 28.8 Å². The molecule has 0 unspecified atom stereocenters. The van der Waals surface area contributed by atoms with E-state index < -0.39 is 33.4 Å². The van der Waals surface area contributed by atoms with Gasteiger partial charge in [0.1, 0.15) is 5.75 Å². The summed E-state index contributed by atoms with van der Waals surface area (Å²) in [6.07, 6.45) is 9.98. The lowest BCUT2D eigenvalue weighted by Gasteiger charge is -2.46. The maximum absolute atomic E-state index is 14.7. The molecule has 2 amide bonds. The van der Waals surface area contributed by atoms with Gasteiger partial charge in [-0.1, -0.05) is 137 Å². The molecule has 4 atom stereocenters. The number of likely N-dealkylation sites (tertiary alicyclic amines) is 1. The molecule has 10 heteroatoms. The second kappa shape index (κ2) is 17.6. The third-order valence-corrected chi connectivity index (χ3v) is 19.1. The molecule has 0 spiro atoms. The first kappa shape index (κ1) is 42.2. The molecule has 318 valence electrons. The lowest BCUT2D eigenvalue weighted by Crippen LogP contribution is -2.66. The van der Waals surface area contributed by atoms with Crippen LogP contribution in [0.5, 0.6) is 5.75 Å². The van der Waals surface area contributed by atoms with Crippen LogP contribution in [-0.4, -0.2) is 66.0 Å². The minimum Gasteiger partial charge on any atom is -0.507 e.